The molecule has 0 atom stereocenters. The molecule has 1 heterocycles. The molecule has 0 aliphatic rings. The normalized spacial score (nSPS) is 11.2. The summed E-state index contributed by atoms with van der Waals surface area (Å²) in [6.45, 7) is 0.373. The molecular weight excluding hydrogens is 252 g/mol. The highest BCUT2D eigenvalue weighted by Crippen LogP contribution is 2.14. The van der Waals surface area contributed by atoms with Crippen molar-refractivity contribution in [3.8, 4) is 0 Å². The van der Waals surface area contributed by atoms with Crippen LogP contribution in [-0.2, 0) is 16.6 Å². The zero-order chi connectivity index (χ0) is 13.0. The summed E-state index contributed by atoms with van der Waals surface area (Å²) in [7, 11) is -3.63. The van der Waals surface area contributed by atoms with Crippen LogP contribution in [0.4, 0.5) is 5.82 Å². The Morgan fingerprint density at radius 3 is 2.44 bits per heavy atom. The first-order valence-corrected chi connectivity index (χ1v) is 6.70. The first-order chi connectivity index (χ1) is 8.62. The molecule has 94 valence electrons. The van der Waals surface area contributed by atoms with Crippen LogP contribution in [0.2, 0.25) is 0 Å². The minimum absolute atomic E-state index is 0.158. The van der Waals surface area contributed by atoms with E-state index >= 15 is 0 Å². The average molecular weight is 264 g/mol. The van der Waals surface area contributed by atoms with Crippen LogP contribution in [-0.4, -0.2) is 18.6 Å². The maximum absolute atomic E-state index is 12.0. The van der Waals surface area contributed by atoms with E-state index in [1.165, 1.54) is 24.4 Å². The van der Waals surface area contributed by atoms with Crippen molar-refractivity contribution in [3.05, 3.63) is 48.2 Å². The van der Waals surface area contributed by atoms with Gasteiger partial charge < -0.3 is 5.73 Å². The van der Waals surface area contributed by atoms with Crippen molar-refractivity contribution >= 4 is 15.8 Å². The molecule has 0 bridgehead atoms. The Morgan fingerprint density at radius 2 is 1.89 bits per heavy atom. The van der Waals surface area contributed by atoms with Gasteiger partial charge in [0.15, 0.2) is 5.82 Å². The van der Waals surface area contributed by atoms with Crippen LogP contribution in [0.5, 0.6) is 0 Å². The van der Waals surface area contributed by atoms with E-state index in [0.29, 0.717) is 6.54 Å². The molecule has 0 radical (unpaired) electrons. The van der Waals surface area contributed by atoms with Crippen LogP contribution in [0, 0.1) is 0 Å². The topological polar surface area (TPSA) is 98.0 Å². The van der Waals surface area contributed by atoms with Crippen molar-refractivity contribution in [1.82, 2.24) is 10.2 Å². The number of hydrogen-bond donors (Lipinski definition) is 2. The van der Waals surface area contributed by atoms with E-state index in [9.17, 15) is 8.42 Å². The van der Waals surface area contributed by atoms with Crippen molar-refractivity contribution in [2.24, 2.45) is 5.73 Å². The van der Waals surface area contributed by atoms with Crippen molar-refractivity contribution in [3.63, 3.8) is 0 Å². The molecule has 0 fully saturated rings. The van der Waals surface area contributed by atoms with Gasteiger partial charge in [-0.2, -0.15) is 5.10 Å². The third-order valence-electron chi connectivity index (χ3n) is 2.28. The number of nitrogens with two attached hydrogens (primary N) is 1. The standard InChI is InChI=1S/C11H12N4O2S/c12-8-9-3-5-10(6-4-9)18(16,17)15-11-2-1-7-13-14-11/h1-7H,8,12H2,(H,14,15). The van der Waals surface area contributed by atoms with Gasteiger partial charge in [0.05, 0.1) is 4.90 Å². The molecule has 0 amide bonds. The van der Waals surface area contributed by atoms with E-state index in [0.717, 1.165) is 5.56 Å². The fourth-order valence-corrected chi connectivity index (χ4v) is 2.35. The molecule has 2 aromatic rings. The summed E-state index contributed by atoms with van der Waals surface area (Å²) in [5.41, 5.74) is 6.32. The lowest BCUT2D eigenvalue weighted by molar-refractivity contribution is 0.601. The fraction of sp³-hybridized carbons (Fsp3) is 0.0909. The SMILES string of the molecule is NCc1ccc(S(=O)(=O)Nc2cccnn2)cc1. The quantitative estimate of drug-likeness (QED) is 0.848. The third kappa shape index (κ3) is 2.82. The highest BCUT2D eigenvalue weighted by Gasteiger charge is 2.14. The molecule has 3 N–H and O–H groups in total. The maximum atomic E-state index is 12.0. The van der Waals surface area contributed by atoms with Gasteiger partial charge in [-0.3, -0.25) is 4.72 Å². The van der Waals surface area contributed by atoms with Crippen LogP contribution in [0.1, 0.15) is 5.56 Å². The molecule has 7 heteroatoms. The lowest BCUT2D eigenvalue weighted by Gasteiger charge is -2.06. The van der Waals surface area contributed by atoms with Gasteiger partial charge in [0.2, 0.25) is 0 Å². The minimum atomic E-state index is -3.63. The summed E-state index contributed by atoms with van der Waals surface area (Å²) < 4.78 is 26.3. The zero-order valence-electron chi connectivity index (χ0n) is 9.45. The van der Waals surface area contributed by atoms with Gasteiger partial charge in [-0.15, -0.1) is 5.10 Å². The van der Waals surface area contributed by atoms with Gasteiger partial charge in [-0.1, -0.05) is 12.1 Å². The van der Waals surface area contributed by atoms with E-state index < -0.39 is 10.0 Å². The number of sulfonamides is 1. The number of anilines is 1. The number of aromatic nitrogens is 2. The highest BCUT2D eigenvalue weighted by molar-refractivity contribution is 7.92. The Morgan fingerprint density at radius 1 is 1.17 bits per heavy atom. The van der Waals surface area contributed by atoms with Crippen LogP contribution in [0.25, 0.3) is 0 Å². The lowest BCUT2D eigenvalue weighted by atomic mass is 10.2. The van der Waals surface area contributed by atoms with E-state index in [2.05, 4.69) is 14.9 Å². The average Bonchev–Trinajstić information content (AvgIpc) is 2.39. The smallest absolute Gasteiger partial charge is 0.263 e. The summed E-state index contributed by atoms with van der Waals surface area (Å²) in [6, 6.07) is 9.47. The fourth-order valence-electron chi connectivity index (χ4n) is 1.36. The van der Waals surface area contributed by atoms with Crippen molar-refractivity contribution in [2.45, 2.75) is 11.4 Å². The Kier molecular flexibility index (Phi) is 3.54. The van der Waals surface area contributed by atoms with Gasteiger partial charge in [0.25, 0.3) is 10.0 Å². The van der Waals surface area contributed by atoms with Gasteiger partial charge in [-0.25, -0.2) is 8.42 Å². The summed E-state index contributed by atoms with van der Waals surface area (Å²) in [6.07, 6.45) is 1.47. The number of nitrogens with zero attached hydrogens (tertiary/aromatic N) is 2. The Balaban J connectivity index is 2.25. The second kappa shape index (κ2) is 5.11. The molecule has 1 aromatic heterocycles. The molecule has 0 aliphatic carbocycles. The first-order valence-electron chi connectivity index (χ1n) is 5.21. The molecule has 0 saturated heterocycles. The molecule has 6 nitrogen and oxygen atoms in total. The summed E-state index contributed by atoms with van der Waals surface area (Å²) in [4.78, 5) is 0.158. The molecule has 1 aromatic carbocycles. The van der Waals surface area contributed by atoms with Gasteiger partial charge in [-0.05, 0) is 29.8 Å². The number of rotatable bonds is 4. The Bertz CT molecular complexity index is 611. The molecule has 0 aliphatic heterocycles. The predicted octanol–water partition coefficient (Wildman–Crippen LogP) is 0.736. The van der Waals surface area contributed by atoms with Crippen LogP contribution in [0.3, 0.4) is 0 Å². The van der Waals surface area contributed by atoms with E-state index in [-0.39, 0.29) is 10.7 Å². The first kappa shape index (κ1) is 12.5. The van der Waals surface area contributed by atoms with E-state index in [1.54, 1.807) is 18.2 Å². The summed E-state index contributed by atoms with van der Waals surface area (Å²) >= 11 is 0. The van der Waals surface area contributed by atoms with Crippen LogP contribution >= 0.6 is 0 Å². The van der Waals surface area contributed by atoms with Crippen LogP contribution < -0.4 is 10.5 Å². The molecule has 2 rings (SSSR count). The largest absolute Gasteiger partial charge is 0.326 e. The maximum Gasteiger partial charge on any atom is 0.263 e. The second-order valence-corrected chi connectivity index (χ2v) is 5.24. The Labute approximate surface area is 105 Å². The van der Waals surface area contributed by atoms with Crippen LogP contribution in [0.15, 0.2) is 47.5 Å². The van der Waals surface area contributed by atoms with E-state index in [4.69, 9.17) is 5.73 Å². The number of hydrogen-bond acceptors (Lipinski definition) is 5. The molecule has 0 spiro atoms. The zero-order valence-corrected chi connectivity index (χ0v) is 10.3. The summed E-state index contributed by atoms with van der Waals surface area (Å²) in [5.74, 6) is 0.181. The molecule has 0 saturated carbocycles. The highest BCUT2D eigenvalue weighted by atomic mass is 32.2. The molecule has 0 unspecified atom stereocenters. The minimum Gasteiger partial charge on any atom is -0.326 e. The number of nitrogens with one attached hydrogen (secondary N) is 1. The van der Waals surface area contributed by atoms with Crippen molar-refractivity contribution in [2.75, 3.05) is 4.72 Å². The van der Waals surface area contributed by atoms with Gasteiger partial charge >= 0.3 is 0 Å². The van der Waals surface area contributed by atoms with E-state index in [1.807, 2.05) is 0 Å². The Hall–Kier alpha value is -1.99. The summed E-state index contributed by atoms with van der Waals surface area (Å²) in [5, 5.41) is 7.26. The van der Waals surface area contributed by atoms with Crippen molar-refractivity contribution < 1.29 is 8.42 Å². The second-order valence-electron chi connectivity index (χ2n) is 3.56. The molecule has 18 heavy (non-hydrogen) atoms. The number of benzene rings is 1. The predicted molar refractivity (Wildman–Crippen MR) is 67.2 cm³/mol. The lowest BCUT2D eigenvalue weighted by Crippen LogP contribution is -2.14. The monoisotopic (exact) mass is 264 g/mol. The molecular formula is C11H12N4O2S. The third-order valence-corrected chi connectivity index (χ3v) is 3.65. The van der Waals surface area contributed by atoms with Gasteiger partial charge in [0.1, 0.15) is 0 Å². The van der Waals surface area contributed by atoms with Gasteiger partial charge in [0, 0.05) is 12.7 Å². The van der Waals surface area contributed by atoms with Crippen molar-refractivity contribution in [1.29, 1.82) is 0 Å².